The van der Waals surface area contributed by atoms with Crippen LogP contribution in [0.1, 0.15) is 19.7 Å². The van der Waals surface area contributed by atoms with Crippen LogP contribution < -0.4 is 10.9 Å². The van der Waals surface area contributed by atoms with Crippen LogP contribution in [-0.4, -0.2) is 26.4 Å². The summed E-state index contributed by atoms with van der Waals surface area (Å²) < 4.78 is 16.3. The molecule has 2 aromatic rings. The van der Waals surface area contributed by atoms with E-state index in [1.54, 1.807) is 29.9 Å². The van der Waals surface area contributed by atoms with Gasteiger partial charge in [0.15, 0.2) is 0 Å². The van der Waals surface area contributed by atoms with Crippen molar-refractivity contribution in [1.82, 2.24) is 19.5 Å². The number of halogens is 1. The molecule has 0 bridgehead atoms. The Morgan fingerprint density at radius 2 is 2.22 bits per heavy atom. The zero-order valence-electron chi connectivity index (χ0n) is 10.8. The molecular formula is C12H17FN4O. The number of aromatic nitrogens is 3. The van der Waals surface area contributed by atoms with E-state index in [0.29, 0.717) is 17.9 Å². The van der Waals surface area contributed by atoms with Crippen molar-refractivity contribution in [2.75, 3.05) is 6.54 Å². The summed E-state index contributed by atoms with van der Waals surface area (Å²) in [5, 5.41) is 7.27. The molecule has 0 aliphatic carbocycles. The summed E-state index contributed by atoms with van der Waals surface area (Å²) in [6, 6.07) is 3.49. The molecule has 0 aliphatic heterocycles. The van der Waals surface area contributed by atoms with Crippen molar-refractivity contribution < 1.29 is 4.39 Å². The van der Waals surface area contributed by atoms with Gasteiger partial charge in [-0.25, -0.2) is 8.91 Å². The van der Waals surface area contributed by atoms with Gasteiger partial charge in [0.2, 0.25) is 0 Å². The summed E-state index contributed by atoms with van der Waals surface area (Å²) in [7, 11) is 1.67. The van der Waals surface area contributed by atoms with E-state index in [0.717, 1.165) is 0 Å². The molecule has 0 amide bonds. The van der Waals surface area contributed by atoms with Gasteiger partial charge in [0.1, 0.15) is 17.0 Å². The van der Waals surface area contributed by atoms with Gasteiger partial charge in [-0.05, 0) is 26.0 Å². The first kappa shape index (κ1) is 12.8. The van der Waals surface area contributed by atoms with E-state index >= 15 is 0 Å². The highest BCUT2D eigenvalue weighted by Gasteiger charge is 2.15. The third-order valence-electron chi connectivity index (χ3n) is 2.69. The van der Waals surface area contributed by atoms with Crippen LogP contribution in [0.15, 0.2) is 23.1 Å². The van der Waals surface area contributed by atoms with E-state index in [2.05, 4.69) is 10.4 Å². The van der Waals surface area contributed by atoms with Gasteiger partial charge < -0.3 is 5.32 Å². The smallest absolute Gasteiger partial charge is 0.277 e. The van der Waals surface area contributed by atoms with Gasteiger partial charge in [-0.2, -0.15) is 5.10 Å². The summed E-state index contributed by atoms with van der Waals surface area (Å²) in [6.07, 6.45) is 1.72. The number of fused-ring (bicyclic) bond motifs is 1. The van der Waals surface area contributed by atoms with E-state index in [-0.39, 0.29) is 12.1 Å². The fourth-order valence-electron chi connectivity index (χ4n) is 1.73. The third kappa shape index (κ3) is 2.59. The van der Waals surface area contributed by atoms with Crippen molar-refractivity contribution in [2.24, 2.45) is 7.05 Å². The van der Waals surface area contributed by atoms with Gasteiger partial charge >= 0.3 is 0 Å². The van der Waals surface area contributed by atoms with Gasteiger partial charge in [-0.15, -0.1) is 0 Å². The molecule has 0 aromatic carbocycles. The predicted molar refractivity (Wildman–Crippen MR) is 67.3 cm³/mol. The highest BCUT2D eigenvalue weighted by molar-refractivity contribution is 5.43. The van der Waals surface area contributed by atoms with Gasteiger partial charge in [-0.3, -0.25) is 9.36 Å². The van der Waals surface area contributed by atoms with Crippen LogP contribution in [0.25, 0.3) is 5.52 Å². The van der Waals surface area contributed by atoms with E-state index in [9.17, 15) is 9.18 Å². The average Bonchev–Trinajstić information content (AvgIpc) is 2.71. The van der Waals surface area contributed by atoms with E-state index in [1.807, 2.05) is 0 Å². The topological polar surface area (TPSA) is 51.3 Å². The van der Waals surface area contributed by atoms with Crippen LogP contribution in [-0.2, 0) is 13.6 Å². The Hall–Kier alpha value is -1.69. The predicted octanol–water partition coefficient (Wildman–Crippen LogP) is 0.871. The minimum atomic E-state index is -1.28. The molecule has 2 rings (SSSR count). The lowest BCUT2D eigenvalue weighted by Crippen LogP contribution is -2.34. The summed E-state index contributed by atoms with van der Waals surface area (Å²) >= 11 is 0. The van der Waals surface area contributed by atoms with Gasteiger partial charge in [0.05, 0.1) is 6.54 Å². The molecule has 18 heavy (non-hydrogen) atoms. The Morgan fingerprint density at radius 3 is 2.89 bits per heavy atom. The zero-order valence-corrected chi connectivity index (χ0v) is 10.8. The maximum Gasteiger partial charge on any atom is 0.277 e. The molecule has 98 valence electrons. The molecule has 0 spiro atoms. The maximum absolute atomic E-state index is 13.3. The Kier molecular flexibility index (Phi) is 3.21. The van der Waals surface area contributed by atoms with Crippen molar-refractivity contribution >= 4 is 5.52 Å². The Morgan fingerprint density at radius 1 is 1.50 bits per heavy atom. The molecule has 6 heteroatoms. The van der Waals surface area contributed by atoms with E-state index < -0.39 is 5.67 Å². The van der Waals surface area contributed by atoms with Crippen LogP contribution in [0.4, 0.5) is 4.39 Å². The van der Waals surface area contributed by atoms with Crippen LogP contribution in [0, 0.1) is 0 Å². The summed E-state index contributed by atoms with van der Waals surface area (Å²) in [4.78, 5) is 12.0. The molecule has 2 heterocycles. The van der Waals surface area contributed by atoms with Crippen LogP contribution in [0.3, 0.4) is 0 Å². The molecule has 0 saturated carbocycles. The Labute approximate surface area is 104 Å². The van der Waals surface area contributed by atoms with E-state index in [4.69, 9.17) is 0 Å². The molecule has 0 unspecified atom stereocenters. The highest BCUT2D eigenvalue weighted by atomic mass is 19.1. The molecule has 0 saturated heterocycles. The fraction of sp³-hybridized carbons (Fsp3) is 0.500. The van der Waals surface area contributed by atoms with Crippen molar-refractivity contribution in [1.29, 1.82) is 0 Å². The monoisotopic (exact) mass is 252 g/mol. The first-order chi connectivity index (χ1) is 8.38. The SMILES string of the molecule is Cn1c(CNCC(C)(C)F)nn2cccc2c1=O. The standard InChI is InChI=1S/C12H17FN4O/c1-12(2,13)8-14-7-10-15-17-6-4-5-9(17)11(18)16(10)3/h4-6,14H,7-8H2,1-3H3. The van der Waals surface area contributed by atoms with Crippen LogP contribution >= 0.6 is 0 Å². The highest BCUT2D eigenvalue weighted by Crippen LogP contribution is 2.05. The van der Waals surface area contributed by atoms with Crippen molar-refractivity contribution in [2.45, 2.75) is 26.1 Å². The number of nitrogens with one attached hydrogen (secondary N) is 1. The lowest BCUT2D eigenvalue weighted by Gasteiger charge is -2.15. The second kappa shape index (κ2) is 4.53. The van der Waals surface area contributed by atoms with Gasteiger partial charge in [0.25, 0.3) is 5.56 Å². The second-order valence-corrected chi connectivity index (χ2v) is 4.94. The van der Waals surface area contributed by atoms with Crippen LogP contribution in [0.5, 0.6) is 0 Å². The maximum atomic E-state index is 13.3. The molecule has 0 fully saturated rings. The van der Waals surface area contributed by atoms with Crippen molar-refractivity contribution in [3.05, 3.63) is 34.5 Å². The number of rotatable bonds is 4. The number of hydrogen-bond donors (Lipinski definition) is 1. The molecule has 0 radical (unpaired) electrons. The second-order valence-electron chi connectivity index (χ2n) is 4.94. The number of nitrogens with zero attached hydrogens (tertiary/aromatic N) is 3. The number of hydrogen-bond acceptors (Lipinski definition) is 3. The molecule has 0 atom stereocenters. The summed E-state index contributed by atoms with van der Waals surface area (Å²) in [5.74, 6) is 0.577. The molecule has 1 N–H and O–H groups in total. The lowest BCUT2D eigenvalue weighted by molar-refractivity contribution is 0.209. The molecular weight excluding hydrogens is 235 g/mol. The zero-order chi connectivity index (χ0) is 13.3. The van der Waals surface area contributed by atoms with Crippen LogP contribution in [0.2, 0.25) is 0 Å². The van der Waals surface area contributed by atoms with Crippen molar-refractivity contribution in [3.8, 4) is 0 Å². The summed E-state index contributed by atoms with van der Waals surface area (Å²) in [5.41, 5.74) is -0.852. The first-order valence-electron chi connectivity index (χ1n) is 5.81. The molecule has 0 aliphatic rings. The largest absolute Gasteiger partial charge is 0.307 e. The average molecular weight is 252 g/mol. The van der Waals surface area contributed by atoms with Crippen molar-refractivity contribution in [3.63, 3.8) is 0 Å². The fourth-order valence-corrected chi connectivity index (χ4v) is 1.73. The van der Waals surface area contributed by atoms with Gasteiger partial charge in [-0.1, -0.05) is 0 Å². The van der Waals surface area contributed by atoms with Gasteiger partial charge in [0, 0.05) is 19.8 Å². The number of alkyl halides is 1. The Bertz CT molecular complexity index is 609. The minimum absolute atomic E-state index is 0.105. The lowest BCUT2D eigenvalue weighted by atomic mass is 10.2. The third-order valence-corrected chi connectivity index (χ3v) is 2.69. The molecule has 2 aromatic heterocycles. The summed E-state index contributed by atoms with van der Waals surface area (Å²) in [6.45, 7) is 3.57. The van der Waals surface area contributed by atoms with E-state index in [1.165, 1.54) is 18.4 Å². The molecule has 5 nitrogen and oxygen atoms in total. The Balaban J connectivity index is 2.23. The normalized spacial score (nSPS) is 12.2. The minimum Gasteiger partial charge on any atom is -0.307 e. The first-order valence-corrected chi connectivity index (χ1v) is 5.81. The quantitative estimate of drug-likeness (QED) is 0.878.